The summed E-state index contributed by atoms with van der Waals surface area (Å²) in [7, 11) is 0. The Kier molecular flexibility index (Phi) is 4.21. The first-order valence-electron chi connectivity index (χ1n) is 8.60. The van der Waals surface area contributed by atoms with Gasteiger partial charge in [0, 0.05) is 23.1 Å². The molecule has 0 unspecified atom stereocenters. The third kappa shape index (κ3) is 3.33. The molecule has 1 aliphatic rings. The molecule has 0 fully saturated rings. The van der Waals surface area contributed by atoms with E-state index >= 15 is 0 Å². The normalized spacial score (nSPS) is 12.9. The van der Waals surface area contributed by atoms with Gasteiger partial charge >= 0.3 is 11.6 Å². The fourth-order valence-electron chi connectivity index (χ4n) is 3.45. The Morgan fingerprint density at radius 3 is 2.81 bits per heavy atom. The molecule has 132 valence electrons. The Balaban J connectivity index is 1.48. The van der Waals surface area contributed by atoms with Crippen LogP contribution in [0.2, 0.25) is 0 Å². The number of aromatic hydroxyl groups is 1. The van der Waals surface area contributed by atoms with Gasteiger partial charge in [-0.1, -0.05) is 18.2 Å². The van der Waals surface area contributed by atoms with Gasteiger partial charge in [-0.2, -0.15) is 0 Å². The van der Waals surface area contributed by atoms with Crippen molar-refractivity contribution >= 4 is 16.9 Å². The fourth-order valence-corrected chi connectivity index (χ4v) is 3.45. The van der Waals surface area contributed by atoms with Gasteiger partial charge in [-0.3, -0.25) is 4.79 Å². The largest absolute Gasteiger partial charge is 0.508 e. The molecular weight excluding hydrogens is 332 g/mol. The number of phenols is 1. The SMILES string of the molecule is O=C(Cc1ccc2c(c1)CCC2)OCc1cc(=O)oc2cc(O)ccc12. The van der Waals surface area contributed by atoms with Gasteiger partial charge in [-0.05, 0) is 48.1 Å². The average Bonchev–Trinajstić information content (AvgIpc) is 3.07. The van der Waals surface area contributed by atoms with Crippen molar-refractivity contribution in [2.45, 2.75) is 32.3 Å². The van der Waals surface area contributed by atoms with Crippen molar-refractivity contribution in [3.63, 3.8) is 0 Å². The number of hydrogen-bond acceptors (Lipinski definition) is 5. The van der Waals surface area contributed by atoms with Crippen molar-refractivity contribution < 1.29 is 19.1 Å². The van der Waals surface area contributed by atoms with E-state index < -0.39 is 5.63 Å². The molecule has 3 aromatic rings. The Morgan fingerprint density at radius 1 is 1.08 bits per heavy atom. The van der Waals surface area contributed by atoms with Crippen LogP contribution in [0.3, 0.4) is 0 Å². The van der Waals surface area contributed by atoms with Gasteiger partial charge in [-0.25, -0.2) is 4.79 Å². The fraction of sp³-hybridized carbons (Fsp3) is 0.238. The summed E-state index contributed by atoms with van der Waals surface area (Å²) in [5.74, 6) is -0.338. The zero-order valence-corrected chi connectivity index (χ0v) is 14.2. The van der Waals surface area contributed by atoms with Crippen molar-refractivity contribution in [1.29, 1.82) is 0 Å². The monoisotopic (exact) mass is 350 g/mol. The number of carbonyl (C=O) groups is 1. The van der Waals surface area contributed by atoms with Crippen LogP contribution in [0, 0.1) is 0 Å². The molecule has 0 aliphatic heterocycles. The van der Waals surface area contributed by atoms with E-state index in [-0.39, 0.29) is 30.3 Å². The Hall–Kier alpha value is -3.08. The minimum atomic E-state index is -0.548. The van der Waals surface area contributed by atoms with Gasteiger partial charge in [0.15, 0.2) is 0 Å². The van der Waals surface area contributed by atoms with Crippen molar-refractivity contribution in [2.75, 3.05) is 0 Å². The first-order valence-corrected chi connectivity index (χ1v) is 8.60. The van der Waals surface area contributed by atoms with E-state index in [2.05, 4.69) is 12.1 Å². The molecule has 0 saturated heterocycles. The molecule has 4 rings (SSSR count). The van der Waals surface area contributed by atoms with E-state index in [0.29, 0.717) is 10.9 Å². The van der Waals surface area contributed by atoms with Gasteiger partial charge in [0.05, 0.1) is 6.42 Å². The van der Waals surface area contributed by atoms with Crippen LogP contribution in [-0.2, 0) is 35.4 Å². The van der Waals surface area contributed by atoms with Crippen molar-refractivity contribution in [1.82, 2.24) is 0 Å². The third-order valence-electron chi connectivity index (χ3n) is 4.71. The lowest BCUT2D eigenvalue weighted by atomic mass is 10.0. The lowest BCUT2D eigenvalue weighted by molar-refractivity contribution is -0.144. The number of hydrogen-bond donors (Lipinski definition) is 1. The Morgan fingerprint density at radius 2 is 1.92 bits per heavy atom. The van der Waals surface area contributed by atoms with E-state index in [1.807, 2.05) is 6.07 Å². The second-order valence-electron chi connectivity index (χ2n) is 6.57. The molecule has 0 bridgehead atoms. The van der Waals surface area contributed by atoms with Gasteiger partial charge in [-0.15, -0.1) is 0 Å². The summed E-state index contributed by atoms with van der Waals surface area (Å²) < 4.78 is 10.4. The minimum Gasteiger partial charge on any atom is -0.508 e. The highest BCUT2D eigenvalue weighted by Crippen LogP contribution is 2.24. The average molecular weight is 350 g/mol. The molecule has 1 aliphatic carbocycles. The Bertz CT molecular complexity index is 1050. The molecule has 0 atom stereocenters. The van der Waals surface area contributed by atoms with Crippen molar-refractivity contribution in [3.8, 4) is 5.75 Å². The topological polar surface area (TPSA) is 76.7 Å². The summed E-state index contributed by atoms with van der Waals surface area (Å²) in [6.07, 6.45) is 3.55. The second-order valence-corrected chi connectivity index (χ2v) is 6.57. The summed E-state index contributed by atoms with van der Waals surface area (Å²) in [5, 5.41) is 10.1. The standard InChI is InChI=1S/C21H18O5/c22-17-6-7-18-16(10-21(24)26-19(18)11-17)12-25-20(23)9-13-4-5-14-2-1-3-15(14)8-13/h4-8,10-11,22H,1-3,9,12H2. The third-order valence-corrected chi connectivity index (χ3v) is 4.71. The molecule has 26 heavy (non-hydrogen) atoms. The number of ether oxygens (including phenoxy) is 1. The lowest BCUT2D eigenvalue weighted by Crippen LogP contribution is -2.10. The van der Waals surface area contributed by atoms with E-state index in [1.165, 1.54) is 35.7 Å². The molecule has 0 spiro atoms. The van der Waals surface area contributed by atoms with E-state index in [4.69, 9.17) is 9.15 Å². The zero-order chi connectivity index (χ0) is 18.1. The molecule has 2 aromatic carbocycles. The predicted molar refractivity (Wildman–Crippen MR) is 96.1 cm³/mol. The molecule has 0 radical (unpaired) electrons. The first-order chi connectivity index (χ1) is 12.6. The van der Waals surface area contributed by atoms with Crippen LogP contribution in [0.1, 0.15) is 28.7 Å². The molecular formula is C21H18O5. The highest BCUT2D eigenvalue weighted by Gasteiger charge is 2.14. The maximum absolute atomic E-state index is 12.2. The summed E-state index contributed by atoms with van der Waals surface area (Å²) in [5.41, 5.74) is 3.90. The summed E-state index contributed by atoms with van der Waals surface area (Å²) in [6, 6.07) is 12.0. The van der Waals surface area contributed by atoms with Gasteiger partial charge in [0.1, 0.15) is 17.9 Å². The molecule has 1 N–H and O–H groups in total. The maximum Gasteiger partial charge on any atom is 0.336 e. The highest BCUT2D eigenvalue weighted by atomic mass is 16.5. The predicted octanol–water partition coefficient (Wildman–Crippen LogP) is 3.27. The lowest BCUT2D eigenvalue weighted by Gasteiger charge is -2.08. The zero-order valence-electron chi connectivity index (χ0n) is 14.2. The second kappa shape index (κ2) is 6.67. The maximum atomic E-state index is 12.2. The van der Waals surface area contributed by atoms with Crippen LogP contribution < -0.4 is 5.63 Å². The summed E-state index contributed by atoms with van der Waals surface area (Å²) >= 11 is 0. The number of benzene rings is 2. The van der Waals surface area contributed by atoms with Crippen LogP contribution in [0.4, 0.5) is 0 Å². The molecule has 0 saturated carbocycles. The molecule has 1 heterocycles. The number of esters is 1. The molecule has 5 nitrogen and oxygen atoms in total. The van der Waals surface area contributed by atoms with E-state index in [0.717, 1.165) is 18.4 Å². The van der Waals surface area contributed by atoms with Crippen molar-refractivity contribution in [3.05, 3.63) is 75.1 Å². The number of carbonyl (C=O) groups excluding carboxylic acids is 1. The number of fused-ring (bicyclic) bond motifs is 2. The summed E-state index contributed by atoms with van der Waals surface area (Å²) in [4.78, 5) is 23.9. The smallest absolute Gasteiger partial charge is 0.336 e. The van der Waals surface area contributed by atoms with Crippen LogP contribution in [0.5, 0.6) is 5.75 Å². The minimum absolute atomic E-state index is 0.00593. The van der Waals surface area contributed by atoms with Crippen LogP contribution in [-0.4, -0.2) is 11.1 Å². The van der Waals surface area contributed by atoms with Crippen LogP contribution in [0.25, 0.3) is 11.0 Å². The summed E-state index contributed by atoms with van der Waals surface area (Å²) in [6.45, 7) is -0.0172. The quantitative estimate of drug-likeness (QED) is 0.577. The molecule has 5 heteroatoms. The van der Waals surface area contributed by atoms with Crippen LogP contribution >= 0.6 is 0 Å². The van der Waals surface area contributed by atoms with Gasteiger partial charge < -0.3 is 14.3 Å². The molecule has 1 aromatic heterocycles. The van der Waals surface area contributed by atoms with Gasteiger partial charge in [0.25, 0.3) is 0 Å². The highest BCUT2D eigenvalue weighted by molar-refractivity contribution is 5.81. The van der Waals surface area contributed by atoms with Gasteiger partial charge in [0.2, 0.25) is 0 Å². The molecule has 0 amide bonds. The van der Waals surface area contributed by atoms with E-state index in [9.17, 15) is 14.7 Å². The van der Waals surface area contributed by atoms with E-state index in [1.54, 1.807) is 6.07 Å². The Labute approximate surface area is 149 Å². The van der Waals surface area contributed by atoms with Crippen molar-refractivity contribution in [2.24, 2.45) is 0 Å². The number of aryl methyl sites for hydroxylation is 2. The number of rotatable bonds is 4. The van der Waals surface area contributed by atoms with Crippen LogP contribution in [0.15, 0.2) is 51.7 Å². The number of phenolic OH excluding ortho intramolecular Hbond substituents is 1. The first kappa shape index (κ1) is 16.4.